The molecule has 0 spiro atoms. The maximum atomic E-state index is 5.65. The number of unbranched alkanes of at least 4 members (excludes halogenated alkanes) is 2. The number of rotatable bonds is 13. The zero-order valence-corrected chi connectivity index (χ0v) is 13.1. The molecule has 0 fully saturated rings. The lowest BCUT2D eigenvalue weighted by atomic mass is 10.0. The number of hydrogen-bond donors (Lipinski definition) is 1. The van der Waals surface area contributed by atoms with E-state index in [1.165, 1.54) is 38.5 Å². The Kier molecular flexibility index (Phi) is 13.3. The van der Waals surface area contributed by atoms with Gasteiger partial charge in [-0.3, -0.25) is 0 Å². The van der Waals surface area contributed by atoms with Gasteiger partial charge in [0.15, 0.2) is 0 Å². The van der Waals surface area contributed by atoms with Gasteiger partial charge in [-0.1, -0.05) is 47.0 Å². The maximum absolute atomic E-state index is 5.65. The molecule has 2 heteroatoms. The Hall–Kier alpha value is -0.0800. The lowest BCUT2D eigenvalue weighted by Gasteiger charge is -2.09. The molecule has 0 bridgehead atoms. The molecule has 0 aromatic carbocycles. The van der Waals surface area contributed by atoms with Crippen molar-refractivity contribution in [3.05, 3.63) is 0 Å². The first-order chi connectivity index (χ1) is 8.66. The van der Waals surface area contributed by atoms with Crippen LogP contribution in [0.4, 0.5) is 0 Å². The number of hydrogen-bond acceptors (Lipinski definition) is 2. The van der Waals surface area contributed by atoms with Crippen molar-refractivity contribution in [2.75, 3.05) is 26.3 Å². The fourth-order valence-corrected chi connectivity index (χ4v) is 1.85. The second kappa shape index (κ2) is 13.4. The highest BCUT2D eigenvalue weighted by Gasteiger charge is 1.98. The van der Waals surface area contributed by atoms with Crippen LogP contribution in [-0.2, 0) is 4.74 Å². The molecular formula is C16H35NO. The Bertz CT molecular complexity index is 159. The van der Waals surface area contributed by atoms with E-state index < -0.39 is 0 Å². The van der Waals surface area contributed by atoms with Crippen LogP contribution in [0, 0.1) is 11.8 Å². The molecule has 1 unspecified atom stereocenters. The van der Waals surface area contributed by atoms with Crippen molar-refractivity contribution in [1.29, 1.82) is 0 Å². The summed E-state index contributed by atoms with van der Waals surface area (Å²) in [5.41, 5.74) is 0. The van der Waals surface area contributed by atoms with Gasteiger partial charge in [0.25, 0.3) is 0 Å². The monoisotopic (exact) mass is 257 g/mol. The summed E-state index contributed by atoms with van der Waals surface area (Å²) in [4.78, 5) is 0. The lowest BCUT2D eigenvalue weighted by molar-refractivity contribution is 0.125. The normalized spacial score (nSPS) is 13.2. The molecule has 0 aromatic rings. The lowest BCUT2D eigenvalue weighted by Crippen LogP contribution is -2.20. The Morgan fingerprint density at radius 3 is 2.22 bits per heavy atom. The van der Waals surface area contributed by atoms with Gasteiger partial charge in [0.1, 0.15) is 0 Å². The van der Waals surface area contributed by atoms with E-state index in [4.69, 9.17) is 4.74 Å². The van der Waals surface area contributed by atoms with Crippen molar-refractivity contribution in [1.82, 2.24) is 5.32 Å². The molecule has 18 heavy (non-hydrogen) atoms. The van der Waals surface area contributed by atoms with E-state index >= 15 is 0 Å². The molecule has 0 heterocycles. The number of nitrogens with one attached hydrogen (secondary N) is 1. The van der Waals surface area contributed by atoms with E-state index in [2.05, 4.69) is 33.0 Å². The predicted molar refractivity (Wildman–Crippen MR) is 81.1 cm³/mol. The van der Waals surface area contributed by atoms with Crippen LogP contribution >= 0.6 is 0 Å². The third-order valence-electron chi connectivity index (χ3n) is 3.38. The van der Waals surface area contributed by atoms with Crippen molar-refractivity contribution < 1.29 is 4.74 Å². The summed E-state index contributed by atoms with van der Waals surface area (Å²) in [5.74, 6) is 1.64. The minimum absolute atomic E-state index is 0.756. The van der Waals surface area contributed by atoms with Crippen LogP contribution in [0.2, 0.25) is 0 Å². The molecule has 0 radical (unpaired) electrons. The smallest absolute Gasteiger partial charge is 0.0466 e. The fraction of sp³-hybridized carbons (Fsp3) is 1.00. The van der Waals surface area contributed by atoms with Crippen molar-refractivity contribution >= 4 is 0 Å². The molecule has 0 aliphatic carbocycles. The molecule has 0 aliphatic rings. The van der Waals surface area contributed by atoms with Gasteiger partial charge in [0.05, 0.1) is 0 Å². The summed E-state index contributed by atoms with van der Waals surface area (Å²) in [7, 11) is 0. The van der Waals surface area contributed by atoms with Crippen LogP contribution in [0.1, 0.15) is 66.2 Å². The molecule has 0 aliphatic heterocycles. The SMILES string of the molecule is CCC(C)CCCCOCCCCNCC(C)C. The second-order valence-electron chi connectivity index (χ2n) is 5.93. The van der Waals surface area contributed by atoms with Crippen LogP contribution in [0.25, 0.3) is 0 Å². The molecule has 0 amide bonds. The molecule has 0 saturated heterocycles. The molecule has 2 nitrogen and oxygen atoms in total. The van der Waals surface area contributed by atoms with Gasteiger partial charge in [-0.25, -0.2) is 0 Å². The standard InChI is InChI=1S/C16H35NO/c1-5-16(4)10-6-8-12-18-13-9-7-11-17-14-15(2)3/h15-17H,5-14H2,1-4H3. The highest BCUT2D eigenvalue weighted by atomic mass is 16.5. The molecule has 0 rings (SSSR count). The summed E-state index contributed by atoms with van der Waals surface area (Å²) in [6.07, 6.45) is 7.65. The molecular weight excluding hydrogens is 222 g/mol. The largest absolute Gasteiger partial charge is 0.381 e. The highest BCUT2D eigenvalue weighted by molar-refractivity contribution is 4.52. The van der Waals surface area contributed by atoms with E-state index in [1.807, 2.05) is 0 Å². The first-order valence-electron chi connectivity index (χ1n) is 7.95. The van der Waals surface area contributed by atoms with E-state index in [1.54, 1.807) is 0 Å². The van der Waals surface area contributed by atoms with E-state index in [9.17, 15) is 0 Å². The molecule has 1 N–H and O–H groups in total. The van der Waals surface area contributed by atoms with Gasteiger partial charge < -0.3 is 10.1 Å². The summed E-state index contributed by atoms with van der Waals surface area (Å²) in [6.45, 7) is 13.3. The van der Waals surface area contributed by atoms with Gasteiger partial charge in [-0.2, -0.15) is 0 Å². The predicted octanol–water partition coefficient (Wildman–Crippen LogP) is 4.25. The topological polar surface area (TPSA) is 21.3 Å². The van der Waals surface area contributed by atoms with Gasteiger partial charge in [-0.05, 0) is 44.2 Å². The van der Waals surface area contributed by atoms with Crippen LogP contribution in [0.5, 0.6) is 0 Å². The third kappa shape index (κ3) is 14.0. The third-order valence-corrected chi connectivity index (χ3v) is 3.38. The van der Waals surface area contributed by atoms with Gasteiger partial charge in [0, 0.05) is 13.2 Å². The zero-order chi connectivity index (χ0) is 13.6. The van der Waals surface area contributed by atoms with Crippen LogP contribution in [0.15, 0.2) is 0 Å². The average Bonchev–Trinajstić information content (AvgIpc) is 2.35. The fourth-order valence-electron chi connectivity index (χ4n) is 1.85. The minimum Gasteiger partial charge on any atom is -0.381 e. The van der Waals surface area contributed by atoms with Crippen molar-refractivity contribution in [2.45, 2.75) is 66.2 Å². The Labute approximate surface area is 115 Å². The first-order valence-corrected chi connectivity index (χ1v) is 7.95. The Morgan fingerprint density at radius 1 is 0.944 bits per heavy atom. The second-order valence-corrected chi connectivity index (χ2v) is 5.93. The highest BCUT2D eigenvalue weighted by Crippen LogP contribution is 2.10. The van der Waals surface area contributed by atoms with E-state index in [0.717, 1.165) is 38.1 Å². The van der Waals surface area contributed by atoms with Gasteiger partial charge in [-0.15, -0.1) is 0 Å². The van der Waals surface area contributed by atoms with Gasteiger partial charge >= 0.3 is 0 Å². The number of ether oxygens (including phenoxy) is 1. The quantitative estimate of drug-likeness (QED) is 0.498. The minimum atomic E-state index is 0.756. The summed E-state index contributed by atoms with van der Waals surface area (Å²) < 4.78 is 5.65. The Morgan fingerprint density at radius 2 is 1.61 bits per heavy atom. The molecule has 1 atom stereocenters. The van der Waals surface area contributed by atoms with Crippen molar-refractivity contribution in [3.63, 3.8) is 0 Å². The molecule has 110 valence electrons. The van der Waals surface area contributed by atoms with Crippen LogP contribution in [0.3, 0.4) is 0 Å². The first kappa shape index (κ1) is 17.9. The van der Waals surface area contributed by atoms with E-state index in [-0.39, 0.29) is 0 Å². The van der Waals surface area contributed by atoms with E-state index in [0.29, 0.717) is 0 Å². The molecule has 0 aromatic heterocycles. The van der Waals surface area contributed by atoms with Gasteiger partial charge in [0.2, 0.25) is 0 Å². The van der Waals surface area contributed by atoms with Crippen LogP contribution < -0.4 is 5.32 Å². The average molecular weight is 257 g/mol. The maximum Gasteiger partial charge on any atom is 0.0466 e. The summed E-state index contributed by atoms with van der Waals surface area (Å²) in [6, 6.07) is 0. The zero-order valence-electron chi connectivity index (χ0n) is 13.1. The summed E-state index contributed by atoms with van der Waals surface area (Å²) in [5, 5.41) is 3.46. The van der Waals surface area contributed by atoms with Crippen molar-refractivity contribution in [3.8, 4) is 0 Å². The van der Waals surface area contributed by atoms with Crippen molar-refractivity contribution in [2.24, 2.45) is 11.8 Å². The Balaban J connectivity index is 2.99. The molecule has 0 saturated carbocycles. The van der Waals surface area contributed by atoms with Crippen LogP contribution in [-0.4, -0.2) is 26.3 Å². The summed E-state index contributed by atoms with van der Waals surface area (Å²) >= 11 is 0.